The van der Waals surface area contributed by atoms with Gasteiger partial charge in [0.2, 0.25) is 0 Å². The first kappa shape index (κ1) is 15.1. The van der Waals surface area contributed by atoms with Crippen LogP contribution in [0.25, 0.3) is 6.08 Å². The molecule has 1 fully saturated rings. The van der Waals surface area contributed by atoms with Crippen molar-refractivity contribution >= 4 is 13.2 Å². The number of aryl methyl sites for hydroxylation is 1. The number of nitrogens with zero attached hydrogens (tertiary/aromatic N) is 1. The zero-order valence-electron chi connectivity index (χ0n) is 13.1. The minimum absolute atomic E-state index is 0.322. The van der Waals surface area contributed by atoms with Crippen molar-refractivity contribution < 1.29 is 14.0 Å². The van der Waals surface area contributed by atoms with E-state index in [4.69, 9.17) is 14.0 Å². The van der Waals surface area contributed by atoms with Crippen molar-refractivity contribution in [1.29, 1.82) is 0 Å². The van der Waals surface area contributed by atoms with Crippen LogP contribution in [0, 0.1) is 6.92 Å². The molecule has 5 heteroatoms. The van der Waals surface area contributed by atoms with Crippen molar-refractivity contribution in [3.8, 4) is 5.75 Å². The Morgan fingerprint density at radius 2 is 1.75 bits per heavy atom. The molecule has 1 aromatic heterocycles. The maximum atomic E-state index is 5.92. The summed E-state index contributed by atoms with van der Waals surface area (Å²) in [4.78, 5) is 4.18. The van der Waals surface area contributed by atoms with Crippen LogP contribution >= 0.6 is 0 Å². The number of pyridine rings is 1. The molecule has 0 aliphatic carbocycles. The molecule has 0 unspecified atom stereocenters. The van der Waals surface area contributed by atoms with Gasteiger partial charge in [-0.2, -0.15) is 0 Å². The van der Waals surface area contributed by atoms with Gasteiger partial charge in [0.05, 0.1) is 18.3 Å². The van der Waals surface area contributed by atoms with E-state index in [0.717, 1.165) is 16.9 Å². The van der Waals surface area contributed by atoms with Crippen LogP contribution in [0.5, 0.6) is 5.75 Å². The van der Waals surface area contributed by atoms with E-state index in [-0.39, 0.29) is 18.3 Å². The summed E-state index contributed by atoms with van der Waals surface area (Å²) in [5.41, 5.74) is 1.28. The normalized spacial score (nSPS) is 20.6. The topological polar surface area (TPSA) is 40.6 Å². The highest BCUT2D eigenvalue weighted by Crippen LogP contribution is 2.37. The van der Waals surface area contributed by atoms with Gasteiger partial charge in [-0.25, -0.2) is 0 Å². The highest BCUT2D eigenvalue weighted by Gasteiger charge is 2.50. The molecule has 0 saturated carbocycles. The summed E-state index contributed by atoms with van der Waals surface area (Å²) >= 11 is 0. The number of ether oxygens (including phenoxy) is 1. The first-order valence-corrected chi connectivity index (χ1v) is 6.79. The summed E-state index contributed by atoms with van der Waals surface area (Å²) in [6, 6.07) is 0. The Bertz CT molecular complexity index is 510. The maximum Gasteiger partial charge on any atom is 0.487 e. The predicted octanol–water partition coefficient (Wildman–Crippen LogP) is 3.04. The molecule has 0 bridgehead atoms. The van der Waals surface area contributed by atoms with Crippen LogP contribution in [0.2, 0.25) is 0 Å². The molecular weight excluding hydrogens is 253 g/mol. The van der Waals surface area contributed by atoms with E-state index >= 15 is 0 Å². The monoisotopic (exact) mass is 275 g/mol. The molecular formula is C15H22BNO3. The Labute approximate surface area is 121 Å². The third kappa shape index (κ3) is 2.74. The fraction of sp³-hybridized carbons (Fsp3) is 0.533. The van der Waals surface area contributed by atoms with Gasteiger partial charge in [0.1, 0.15) is 5.75 Å². The summed E-state index contributed by atoms with van der Waals surface area (Å²) in [6.07, 6.45) is 5.49. The maximum absolute atomic E-state index is 5.92. The molecule has 0 aromatic carbocycles. The van der Waals surface area contributed by atoms with Gasteiger partial charge in [-0.1, -0.05) is 12.1 Å². The van der Waals surface area contributed by atoms with Crippen molar-refractivity contribution in [3.05, 3.63) is 29.5 Å². The van der Waals surface area contributed by atoms with E-state index < -0.39 is 0 Å². The fourth-order valence-electron chi connectivity index (χ4n) is 2.12. The molecule has 0 radical (unpaired) electrons. The van der Waals surface area contributed by atoms with Crippen LogP contribution < -0.4 is 4.74 Å². The molecule has 1 saturated heterocycles. The molecule has 4 nitrogen and oxygen atoms in total. The lowest BCUT2D eigenvalue weighted by atomic mass is 9.89. The quantitative estimate of drug-likeness (QED) is 0.795. The smallest absolute Gasteiger partial charge is 0.487 e. The third-order valence-corrected chi connectivity index (χ3v) is 4.01. The summed E-state index contributed by atoms with van der Waals surface area (Å²) in [5, 5.41) is 0. The Balaban J connectivity index is 2.18. The number of hydrogen-bond donors (Lipinski definition) is 0. The first-order chi connectivity index (χ1) is 9.27. The van der Waals surface area contributed by atoms with Crippen LogP contribution in [0.15, 0.2) is 18.4 Å². The Hall–Kier alpha value is -1.33. The molecule has 2 rings (SSSR count). The van der Waals surface area contributed by atoms with Crippen molar-refractivity contribution in [2.24, 2.45) is 0 Å². The molecule has 2 heterocycles. The van der Waals surface area contributed by atoms with E-state index in [2.05, 4.69) is 4.98 Å². The largest absolute Gasteiger partial charge is 0.496 e. The highest BCUT2D eigenvalue weighted by molar-refractivity contribution is 6.52. The van der Waals surface area contributed by atoms with Crippen molar-refractivity contribution in [2.45, 2.75) is 45.8 Å². The average molecular weight is 275 g/mol. The van der Waals surface area contributed by atoms with Crippen LogP contribution in [-0.2, 0) is 9.31 Å². The van der Waals surface area contributed by atoms with E-state index in [1.165, 1.54) is 0 Å². The molecule has 0 atom stereocenters. The van der Waals surface area contributed by atoms with Gasteiger partial charge < -0.3 is 14.0 Å². The van der Waals surface area contributed by atoms with Crippen LogP contribution in [-0.4, -0.2) is 30.4 Å². The lowest BCUT2D eigenvalue weighted by molar-refractivity contribution is 0.00578. The molecule has 0 spiro atoms. The summed E-state index contributed by atoms with van der Waals surface area (Å²) in [5.74, 6) is 2.72. The number of methoxy groups -OCH3 is 1. The Morgan fingerprint density at radius 3 is 2.30 bits per heavy atom. The standard InChI is InChI=1S/C15H22BNO3/c1-11-9-17-10-12(13(11)18-6)7-8-16-19-14(2,3)15(4,5)20-16/h7-10H,1-6H3/b8-7+. The third-order valence-electron chi connectivity index (χ3n) is 4.01. The van der Waals surface area contributed by atoms with Gasteiger partial charge in [-0.15, -0.1) is 0 Å². The van der Waals surface area contributed by atoms with Gasteiger partial charge in [0, 0.05) is 23.5 Å². The van der Waals surface area contributed by atoms with Crippen molar-refractivity contribution in [3.63, 3.8) is 0 Å². The van der Waals surface area contributed by atoms with Crippen LogP contribution in [0.3, 0.4) is 0 Å². The average Bonchev–Trinajstić information content (AvgIpc) is 2.55. The van der Waals surface area contributed by atoms with Gasteiger partial charge in [0.15, 0.2) is 0 Å². The fourth-order valence-corrected chi connectivity index (χ4v) is 2.12. The summed E-state index contributed by atoms with van der Waals surface area (Å²) < 4.78 is 17.2. The molecule has 0 N–H and O–H groups in total. The van der Waals surface area contributed by atoms with Gasteiger partial charge in [-0.05, 0) is 34.6 Å². The lowest BCUT2D eigenvalue weighted by Crippen LogP contribution is -2.41. The minimum Gasteiger partial charge on any atom is -0.496 e. The number of hydrogen-bond acceptors (Lipinski definition) is 4. The number of aromatic nitrogens is 1. The summed E-state index contributed by atoms with van der Waals surface area (Å²) in [7, 11) is 1.30. The molecule has 108 valence electrons. The zero-order valence-corrected chi connectivity index (χ0v) is 13.1. The first-order valence-electron chi connectivity index (χ1n) is 6.79. The van der Waals surface area contributed by atoms with E-state index in [9.17, 15) is 0 Å². The highest BCUT2D eigenvalue weighted by atomic mass is 16.7. The van der Waals surface area contributed by atoms with Crippen molar-refractivity contribution in [2.75, 3.05) is 7.11 Å². The second-order valence-electron chi connectivity index (χ2n) is 6.06. The molecule has 1 aromatic rings. The van der Waals surface area contributed by atoms with Gasteiger partial charge >= 0.3 is 7.12 Å². The van der Waals surface area contributed by atoms with Crippen LogP contribution in [0.1, 0.15) is 38.8 Å². The molecule has 20 heavy (non-hydrogen) atoms. The molecule has 1 aliphatic heterocycles. The number of rotatable bonds is 3. The van der Waals surface area contributed by atoms with Crippen molar-refractivity contribution in [1.82, 2.24) is 4.98 Å². The lowest BCUT2D eigenvalue weighted by Gasteiger charge is -2.32. The van der Waals surface area contributed by atoms with E-state index in [1.54, 1.807) is 19.5 Å². The second-order valence-corrected chi connectivity index (χ2v) is 6.06. The van der Waals surface area contributed by atoms with Gasteiger partial charge in [0.25, 0.3) is 0 Å². The Morgan fingerprint density at radius 1 is 1.15 bits per heavy atom. The predicted molar refractivity (Wildman–Crippen MR) is 80.6 cm³/mol. The minimum atomic E-state index is -0.356. The molecule has 1 aliphatic rings. The van der Waals surface area contributed by atoms with Crippen LogP contribution in [0.4, 0.5) is 0 Å². The van der Waals surface area contributed by atoms with E-state index in [1.807, 2.05) is 46.7 Å². The second kappa shape index (κ2) is 5.22. The SMILES string of the molecule is COc1c(C)cncc1/C=C/B1OC(C)(C)C(C)(C)O1. The zero-order chi connectivity index (χ0) is 15.0. The van der Waals surface area contributed by atoms with Gasteiger partial charge in [-0.3, -0.25) is 4.98 Å². The Kier molecular flexibility index (Phi) is 3.94. The summed E-state index contributed by atoms with van der Waals surface area (Å²) in [6.45, 7) is 10.1. The van der Waals surface area contributed by atoms with E-state index in [0.29, 0.717) is 0 Å². The molecule has 0 amide bonds.